The number of carbonyl (C=O) groups excluding carboxylic acids is 1. The molecule has 17 heteroatoms. The average Bonchev–Trinajstić information content (AvgIpc) is 3.83. The molecule has 0 bridgehead atoms. The van der Waals surface area contributed by atoms with Crippen molar-refractivity contribution < 1.29 is 27.9 Å². The van der Waals surface area contributed by atoms with Crippen molar-refractivity contribution >= 4 is 30.1 Å². The lowest BCUT2D eigenvalue weighted by molar-refractivity contribution is -0.137. The van der Waals surface area contributed by atoms with E-state index >= 15 is 0 Å². The van der Waals surface area contributed by atoms with Crippen LogP contribution in [0, 0.1) is 20.8 Å². The van der Waals surface area contributed by atoms with Gasteiger partial charge in [0, 0.05) is 54.6 Å². The highest BCUT2D eigenvalue weighted by Crippen LogP contribution is 2.32. The molecular formula is C37H36F3N11O3. The van der Waals surface area contributed by atoms with Gasteiger partial charge in [-0.05, 0) is 80.9 Å². The quantitative estimate of drug-likeness (QED) is 0.101. The lowest BCUT2D eigenvalue weighted by Gasteiger charge is -2.09. The molecule has 4 heterocycles. The maximum absolute atomic E-state index is 12.8. The first-order valence-electron chi connectivity index (χ1n) is 16.1. The van der Waals surface area contributed by atoms with Crippen molar-refractivity contribution in [1.29, 1.82) is 0 Å². The Labute approximate surface area is 307 Å². The van der Waals surface area contributed by atoms with Gasteiger partial charge in [0.25, 0.3) is 5.91 Å². The van der Waals surface area contributed by atoms with Crippen molar-refractivity contribution in [2.75, 3.05) is 5.43 Å². The summed E-state index contributed by atoms with van der Waals surface area (Å²) in [5.74, 6) is -0.235. The van der Waals surface area contributed by atoms with E-state index < -0.39 is 17.7 Å². The first-order valence-corrected chi connectivity index (χ1v) is 16.1. The molecule has 6 aromatic rings. The SMILES string of the molecule is Cc1cc(-c2ncn(/C=C\C(=O)O)n2)cc(C(F)(F)F)c1.Cc1cc(C)cc(-c2ncn(/C=C\C(=O)NNc3ccccn3)n2)c1.NCc1ccccn1. The van der Waals surface area contributed by atoms with Crippen LogP contribution >= 0.6 is 0 Å². The van der Waals surface area contributed by atoms with Crippen molar-refractivity contribution in [3.8, 4) is 22.8 Å². The molecule has 0 fully saturated rings. The molecule has 6 rings (SSSR count). The van der Waals surface area contributed by atoms with Crippen molar-refractivity contribution in [3.05, 3.63) is 138 Å². The van der Waals surface area contributed by atoms with E-state index in [2.05, 4.69) is 47.1 Å². The largest absolute Gasteiger partial charge is 0.478 e. The van der Waals surface area contributed by atoms with E-state index in [1.807, 2.05) is 50.2 Å². The van der Waals surface area contributed by atoms with Crippen LogP contribution in [0.1, 0.15) is 27.9 Å². The third-order valence-corrected chi connectivity index (χ3v) is 6.82. The zero-order chi connectivity index (χ0) is 39.1. The molecule has 1 amide bonds. The number of pyridine rings is 2. The van der Waals surface area contributed by atoms with Gasteiger partial charge in [0.1, 0.15) is 18.5 Å². The number of nitrogens with zero attached hydrogens (tertiary/aromatic N) is 8. The fraction of sp³-hybridized carbons (Fsp3) is 0.135. The molecule has 0 radical (unpaired) electrons. The number of hydrogen-bond acceptors (Lipinski definition) is 10. The lowest BCUT2D eigenvalue weighted by Crippen LogP contribution is -2.28. The third-order valence-electron chi connectivity index (χ3n) is 6.82. The molecule has 2 aromatic carbocycles. The highest BCUT2D eigenvalue weighted by Gasteiger charge is 2.31. The number of anilines is 1. The first-order chi connectivity index (χ1) is 25.8. The molecule has 54 heavy (non-hydrogen) atoms. The minimum atomic E-state index is -4.45. The van der Waals surface area contributed by atoms with Gasteiger partial charge in [0.15, 0.2) is 11.6 Å². The van der Waals surface area contributed by atoms with Crippen LogP contribution in [0.25, 0.3) is 35.2 Å². The van der Waals surface area contributed by atoms with Crippen molar-refractivity contribution in [1.82, 2.24) is 44.9 Å². The number of benzene rings is 2. The highest BCUT2D eigenvalue weighted by molar-refractivity contribution is 5.90. The fourth-order valence-electron chi connectivity index (χ4n) is 4.54. The van der Waals surface area contributed by atoms with Crippen LogP contribution < -0.4 is 16.6 Å². The van der Waals surface area contributed by atoms with Gasteiger partial charge in [-0.1, -0.05) is 29.3 Å². The Bertz CT molecular complexity index is 2180. The summed E-state index contributed by atoms with van der Waals surface area (Å²) in [7, 11) is 0. The Morgan fingerprint density at radius 1 is 0.759 bits per heavy atom. The predicted molar refractivity (Wildman–Crippen MR) is 197 cm³/mol. The van der Waals surface area contributed by atoms with Crippen LogP contribution in [0.3, 0.4) is 0 Å². The summed E-state index contributed by atoms with van der Waals surface area (Å²) in [6, 6.07) is 20.7. The number of rotatable bonds is 9. The van der Waals surface area contributed by atoms with Crippen LogP contribution in [0.5, 0.6) is 0 Å². The Morgan fingerprint density at radius 2 is 1.31 bits per heavy atom. The fourth-order valence-corrected chi connectivity index (χ4v) is 4.54. The van der Waals surface area contributed by atoms with Gasteiger partial charge in [-0.3, -0.25) is 20.6 Å². The zero-order valence-corrected chi connectivity index (χ0v) is 29.3. The summed E-state index contributed by atoms with van der Waals surface area (Å²) in [5.41, 5.74) is 14.6. The number of amides is 1. The number of nitrogens with one attached hydrogen (secondary N) is 2. The number of carbonyl (C=O) groups is 2. The molecule has 0 aliphatic rings. The summed E-state index contributed by atoms with van der Waals surface area (Å²) >= 11 is 0. The van der Waals surface area contributed by atoms with Gasteiger partial charge in [0.2, 0.25) is 0 Å². The number of halogens is 3. The highest BCUT2D eigenvalue weighted by atomic mass is 19.4. The summed E-state index contributed by atoms with van der Waals surface area (Å²) in [6.07, 6.45) is 6.57. The van der Waals surface area contributed by atoms with Gasteiger partial charge in [-0.2, -0.15) is 13.2 Å². The van der Waals surface area contributed by atoms with E-state index in [1.54, 1.807) is 37.8 Å². The molecule has 4 aromatic heterocycles. The Balaban J connectivity index is 0.000000202. The van der Waals surface area contributed by atoms with Gasteiger partial charge in [0.05, 0.1) is 11.3 Å². The monoisotopic (exact) mass is 739 g/mol. The topological polar surface area (TPSA) is 192 Å². The van der Waals surface area contributed by atoms with Crippen LogP contribution in [-0.4, -0.2) is 56.5 Å². The summed E-state index contributed by atoms with van der Waals surface area (Å²) < 4.78 is 40.9. The number of nitrogens with two attached hydrogens (primary N) is 1. The Hall–Kier alpha value is -7.01. The van der Waals surface area contributed by atoms with Crippen molar-refractivity contribution in [2.24, 2.45) is 5.73 Å². The summed E-state index contributed by atoms with van der Waals surface area (Å²) in [4.78, 5) is 38.3. The number of aromatic nitrogens is 8. The predicted octanol–water partition coefficient (Wildman–Crippen LogP) is 5.94. The molecule has 0 unspecified atom stereocenters. The number of carboxylic acid groups (broad SMARTS) is 1. The molecule has 14 nitrogen and oxygen atoms in total. The third kappa shape index (κ3) is 13.0. The van der Waals surface area contributed by atoms with Crippen LogP contribution in [0.2, 0.25) is 0 Å². The number of aryl methyl sites for hydroxylation is 3. The average molecular weight is 740 g/mol. The molecule has 0 spiro atoms. The van der Waals surface area contributed by atoms with Gasteiger partial charge in [-0.15, -0.1) is 10.2 Å². The van der Waals surface area contributed by atoms with E-state index in [0.717, 1.165) is 51.5 Å². The number of hydrazine groups is 1. The second-order valence-electron chi connectivity index (χ2n) is 11.4. The minimum Gasteiger partial charge on any atom is -0.478 e. The van der Waals surface area contributed by atoms with E-state index in [9.17, 15) is 22.8 Å². The number of carboxylic acids is 1. The molecule has 0 aliphatic carbocycles. The standard InChI is InChI=1S/C18H18N6O.C13H10F3N3O2.C6H8N2/c1-13-9-14(2)11-15(10-13)18-20-12-24(23-18)8-6-17(25)22-21-16-5-3-4-7-19-16;1-8-4-9(6-10(5-8)13(14,15)16)12-17-7-19(18-12)3-2-11(20)21;7-5-6-3-1-2-4-8-6/h3-12H,1-2H3,(H,19,21)(H,22,25);2-7H,1H3,(H,20,21);1-4H,5,7H2/b8-6-;3-2-;. The molecule has 0 aliphatic heterocycles. The van der Waals surface area contributed by atoms with E-state index in [4.69, 9.17) is 10.8 Å². The molecular weight excluding hydrogens is 703 g/mol. The molecule has 0 atom stereocenters. The molecule has 278 valence electrons. The summed E-state index contributed by atoms with van der Waals surface area (Å²) in [6.45, 7) is 6.14. The maximum Gasteiger partial charge on any atom is 0.416 e. The van der Waals surface area contributed by atoms with Gasteiger partial charge >= 0.3 is 12.1 Å². The van der Waals surface area contributed by atoms with Crippen molar-refractivity contribution in [3.63, 3.8) is 0 Å². The second-order valence-corrected chi connectivity index (χ2v) is 11.4. The molecule has 5 N–H and O–H groups in total. The van der Waals surface area contributed by atoms with E-state index in [0.29, 0.717) is 23.8 Å². The van der Waals surface area contributed by atoms with E-state index in [-0.39, 0.29) is 17.3 Å². The normalized spacial score (nSPS) is 11.0. The summed E-state index contributed by atoms with van der Waals surface area (Å²) in [5, 5.41) is 16.8. The van der Waals surface area contributed by atoms with E-state index in [1.165, 1.54) is 29.4 Å². The van der Waals surface area contributed by atoms with Crippen molar-refractivity contribution in [2.45, 2.75) is 33.5 Å². The number of aliphatic carboxylic acids is 1. The Morgan fingerprint density at radius 3 is 1.81 bits per heavy atom. The molecule has 0 saturated carbocycles. The van der Waals surface area contributed by atoms with Gasteiger partial charge in [-0.25, -0.2) is 29.1 Å². The smallest absolute Gasteiger partial charge is 0.416 e. The van der Waals surface area contributed by atoms with Crippen LogP contribution in [0.4, 0.5) is 19.0 Å². The molecule has 0 saturated heterocycles. The first kappa shape index (κ1) is 39.8. The lowest BCUT2D eigenvalue weighted by atomic mass is 10.1. The minimum absolute atomic E-state index is 0.0826. The van der Waals surface area contributed by atoms with Crippen LogP contribution in [0.15, 0.2) is 110 Å². The van der Waals surface area contributed by atoms with Crippen LogP contribution in [-0.2, 0) is 22.3 Å². The zero-order valence-electron chi connectivity index (χ0n) is 29.3. The number of hydrogen-bond donors (Lipinski definition) is 4. The second kappa shape index (κ2) is 19.0. The Kier molecular flexibility index (Phi) is 14.0. The maximum atomic E-state index is 12.8. The number of alkyl halides is 3. The van der Waals surface area contributed by atoms with Gasteiger partial charge < -0.3 is 10.8 Å².